The van der Waals surface area contributed by atoms with Crippen LogP contribution in [0.25, 0.3) is 0 Å². The van der Waals surface area contributed by atoms with Gasteiger partial charge in [-0.15, -0.1) is 11.3 Å². The normalized spacial score (nSPS) is 13.3. The zero-order valence-corrected chi connectivity index (χ0v) is 17.8. The average Bonchev–Trinajstić information content (AvgIpc) is 3.42. The Morgan fingerprint density at radius 3 is 2.68 bits per heavy atom. The van der Waals surface area contributed by atoms with Crippen LogP contribution in [-0.2, 0) is 20.9 Å². The van der Waals surface area contributed by atoms with Gasteiger partial charge in [-0.3, -0.25) is 14.5 Å². The molecule has 8 heteroatoms. The molecular formula is C23H21N3O4S. The quantitative estimate of drug-likeness (QED) is 0.539. The first-order chi connectivity index (χ1) is 15.0. The molecule has 4 rings (SSSR count). The molecule has 2 aromatic carbocycles. The molecule has 3 aromatic rings. The number of benzene rings is 2. The number of thiazole rings is 1. The van der Waals surface area contributed by atoms with Gasteiger partial charge in [0, 0.05) is 31.0 Å². The van der Waals surface area contributed by atoms with Crippen LogP contribution in [0.4, 0.5) is 16.5 Å². The van der Waals surface area contributed by atoms with Crippen molar-refractivity contribution in [2.75, 3.05) is 16.3 Å². The van der Waals surface area contributed by atoms with E-state index in [0.29, 0.717) is 35.0 Å². The van der Waals surface area contributed by atoms with Gasteiger partial charge in [-0.05, 0) is 36.8 Å². The van der Waals surface area contributed by atoms with Crippen molar-refractivity contribution in [1.29, 1.82) is 0 Å². The number of esters is 1. The zero-order chi connectivity index (χ0) is 21.8. The predicted octanol–water partition coefficient (Wildman–Crippen LogP) is 4.31. The van der Waals surface area contributed by atoms with E-state index >= 15 is 0 Å². The summed E-state index contributed by atoms with van der Waals surface area (Å²) < 4.78 is 5.42. The standard InChI is InChI=1S/C23H21N3O4S/c1-16(27)26(19-8-3-2-4-9-19)23-24-18(15-31-23)14-30-22(29)17-7-5-10-20(13-17)25-12-6-11-21(25)28/h2-5,7-10,13,15H,6,11-12,14H2,1H3. The molecule has 0 unspecified atom stereocenters. The molecule has 1 saturated heterocycles. The van der Waals surface area contributed by atoms with Crippen LogP contribution in [0.15, 0.2) is 60.0 Å². The van der Waals surface area contributed by atoms with Crippen LogP contribution >= 0.6 is 11.3 Å². The van der Waals surface area contributed by atoms with Crippen molar-refractivity contribution in [1.82, 2.24) is 4.98 Å². The van der Waals surface area contributed by atoms with E-state index in [0.717, 1.165) is 12.1 Å². The van der Waals surface area contributed by atoms with Gasteiger partial charge in [0.05, 0.1) is 16.9 Å². The summed E-state index contributed by atoms with van der Waals surface area (Å²) in [5, 5.41) is 2.28. The van der Waals surface area contributed by atoms with Crippen molar-refractivity contribution in [3.05, 3.63) is 71.2 Å². The molecule has 0 spiro atoms. The van der Waals surface area contributed by atoms with Gasteiger partial charge in [-0.25, -0.2) is 9.78 Å². The number of carbonyl (C=O) groups excluding carboxylic acids is 3. The minimum Gasteiger partial charge on any atom is -0.456 e. The van der Waals surface area contributed by atoms with Crippen molar-refractivity contribution in [2.24, 2.45) is 0 Å². The Balaban J connectivity index is 1.43. The molecule has 2 amide bonds. The molecule has 158 valence electrons. The Labute approximate surface area is 183 Å². The summed E-state index contributed by atoms with van der Waals surface area (Å²) in [5.41, 5.74) is 2.36. The van der Waals surface area contributed by atoms with Gasteiger partial charge in [0.25, 0.3) is 0 Å². The van der Waals surface area contributed by atoms with Crippen molar-refractivity contribution in [2.45, 2.75) is 26.4 Å². The summed E-state index contributed by atoms with van der Waals surface area (Å²) in [4.78, 5) is 44.3. The molecule has 0 aliphatic carbocycles. The fourth-order valence-electron chi connectivity index (χ4n) is 3.41. The number of carbonyl (C=O) groups is 3. The number of anilines is 3. The fourth-order valence-corrected chi connectivity index (χ4v) is 4.29. The maximum absolute atomic E-state index is 12.5. The Kier molecular flexibility index (Phi) is 6.08. The number of rotatable bonds is 6. The molecule has 1 aliphatic rings. The van der Waals surface area contributed by atoms with Gasteiger partial charge in [-0.1, -0.05) is 24.3 Å². The van der Waals surface area contributed by atoms with E-state index in [-0.39, 0.29) is 18.4 Å². The Morgan fingerprint density at radius 2 is 1.97 bits per heavy atom. The van der Waals surface area contributed by atoms with Crippen molar-refractivity contribution in [3.63, 3.8) is 0 Å². The molecule has 0 N–H and O–H groups in total. The number of hydrogen-bond acceptors (Lipinski definition) is 6. The Bertz CT molecular complexity index is 1110. The highest BCUT2D eigenvalue weighted by Crippen LogP contribution is 2.29. The van der Waals surface area contributed by atoms with E-state index in [4.69, 9.17) is 4.74 Å². The van der Waals surface area contributed by atoms with Gasteiger partial charge in [-0.2, -0.15) is 0 Å². The largest absolute Gasteiger partial charge is 0.456 e. The van der Waals surface area contributed by atoms with Gasteiger partial charge < -0.3 is 9.64 Å². The summed E-state index contributed by atoms with van der Waals surface area (Å²) in [6.07, 6.45) is 1.35. The van der Waals surface area contributed by atoms with E-state index in [2.05, 4.69) is 4.98 Å². The summed E-state index contributed by atoms with van der Waals surface area (Å²) >= 11 is 1.31. The highest BCUT2D eigenvalue weighted by atomic mass is 32.1. The average molecular weight is 436 g/mol. The lowest BCUT2D eigenvalue weighted by Gasteiger charge is -2.17. The first kappa shape index (κ1) is 20.7. The second-order valence-corrected chi connectivity index (χ2v) is 7.92. The fraction of sp³-hybridized carbons (Fsp3) is 0.217. The van der Waals surface area contributed by atoms with Crippen LogP contribution < -0.4 is 9.80 Å². The van der Waals surface area contributed by atoms with Crippen LogP contribution in [0.5, 0.6) is 0 Å². The van der Waals surface area contributed by atoms with Crippen LogP contribution in [0.1, 0.15) is 35.8 Å². The predicted molar refractivity (Wildman–Crippen MR) is 119 cm³/mol. The van der Waals surface area contributed by atoms with Gasteiger partial charge in [0.15, 0.2) is 5.13 Å². The lowest BCUT2D eigenvalue weighted by molar-refractivity contribution is -0.117. The molecule has 0 atom stereocenters. The number of amides is 2. The van der Waals surface area contributed by atoms with Crippen LogP contribution in [0.3, 0.4) is 0 Å². The lowest BCUT2D eigenvalue weighted by atomic mass is 10.2. The molecule has 2 heterocycles. The van der Waals surface area contributed by atoms with E-state index in [1.165, 1.54) is 23.2 Å². The SMILES string of the molecule is CC(=O)N(c1ccccc1)c1nc(COC(=O)c2cccc(N3CCCC3=O)c2)cs1. The lowest BCUT2D eigenvalue weighted by Crippen LogP contribution is -2.23. The van der Waals surface area contributed by atoms with Crippen LogP contribution in [0, 0.1) is 0 Å². The smallest absolute Gasteiger partial charge is 0.338 e. The molecule has 0 saturated carbocycles. The summed E-state index contributed by atoms with van der Waals surface area (Å²) in [6.45, 7) is 2.13. The molecule has 1 aromatic heterocycles. The van der Waals surface area contributed by atoms with Crippen molar-refractivity contribution < 1.29 is 19.1 Å². The number of para-hydroxylation sites is 1. The number of ether oxygens (including phenoxy) is 1. The van der Waals surface area contributed by atoms with E-state index in [9.17, 15) is 14.4 Å². The maximum atomic E-state index is 12.5. The van der Waals surface area contributed by atoms with Gasteiger partial charge in [0.2, 0.25) is 11.8 Å². The summed E-state index contributed by atoms with van der Waals surface area (Å²) in [6, 6.07) is 16.1. The molecule has 1 aliphatic heterocycles. The Hall–Kier alpha value is -3.52. The van der Waals surface area contributed by atoms with Crippen molar-refractivity contribution in [3.8, 4) is 0 Å². The molecule has 0 radical (unpaired) electrons. The Morgan fingerprint density at radius 1 is 1.16 bits per heavy atom. The minimum atomic E-state index is -0.491. The van der Waals surface area contributed by atoms with Gasteiger partial charge in [0.1, 0.15) is 6.61 Å². The van der Waals surface area contributed by atoms with E-state index < -0.39 is 5.97 Å². The molecular weight excluding hydrogens is 414 g/mol. The summed E-state index contributed by atoms with van der Waals surface area (Å²) in [5.74, 6) is -0.583. The first-order valence-corrected chi connectivity index (χ1v) is 10.8. The zero-order valence-electron chi connectivity index (χ0n) is 17.0. The number of nitrogens with zero attached hydrogens (tertiary/aromatic N) is 3. The molecule has 31 heavy (non-hydrogen) atoms. The minimum absolute atomic E-state index is 0.0112. The van der Waals surface area contributed by atoms with Crippen LogP contribution in [-0.4, -0.2) is 29.3 Å². The third-order valence-electron chi connectivity index (χ3n) is 4.88. The van der Waals surface area contributed by atoms with E-state index in [1.807, 2.05) is 36.4 Å². The van der Waals surface area contributed by atoms with Crippen LogP contribution in [0.2, 0.25) is 0 Å². The molecule has 7 nitrogen and oxygen atoms in total. The highest BCUT2D eigenvalue weighted by Gasteiger charge is 2.23. The first-order valence-electron chi connectivity index (χ1n) is 9.90. The monoisotopic (exact) mass is 435 g/mol. The number of hydrogen-bond donors (Lipinski definition) is 0. The molecule has 1 fully saturated rings. The topological polar surface area (TPSA) is 79.8 Å². The third kappa shape index (κ3) is 4.64. The van der Waals surface area contributed by atoms with Crippen molar-refractivity contribution >= 4 is 45.6 Å². The number of aromatic nitrogens is 1. The second kappa shape index (κ2) is 9.09. The maximum Gasteiger partial charge on any atom is 0.338 e. The van der Waals surface area contributed by atoms with E-state index in [1.54, 1.807) is 28.5 Å². The molecule has 0 bridgehead atoms. The summed E-state index contributed by atoms with van der Waals surface area (Å²) in [7, 11) is 0. The highest BCUT2D eigenvalue weighted by molar-refractivity contribution is 7.14. The second-order valence-electron chi connectivity index (χ2n) is 7.09. The van der Waals surface area contributed by atoms with Gasteiger partial charge >= 0.3 is 5.97 Å². The third-order valence-corrected chi connectivity index (χ3v) is 5.75.